The van der Waals surface area contributed by atoms with Gasteiger partial charge >= 0.3 is 0 Å². The van der Waals surface area contributed by atoms with Gasteiger partial charge in [0.25, 0.3) is 0 Å². The van der Waals surface area contributed by atoms with Gasteiger partial charge in [-0.05, 0) is 37.3 Å². The zero-order valence-corrected chi connectivity index (χ0v) is 11.6. The molecule has 0 radical (unpaired) electrons. The van der Waals surface area contributed by atoms with Crippen molar-refractivity contribution >= 4 is 16.8 Å². The third-order valence-corrected chi connectivity index (χ3v) is 3.32. The van der Waals surface area contributed by atoms with Crippen LogP contribution in [0.15, 0.2) is 46.9 Å². The average molecular weight is 284 g/mol. The molecule has 0 aliphatic heterocycles. The van der Waals surface area contributed by atoms with E-state index in [9.17, 15) is 9.18 Å². The van der Waals surface area contributed by atoms with Crippen molar-refractivity contribution in [3.8, 4) is 5.75 Å². The van der Waals surface area contributed by atoms with Crippen molar-refractivity contribution in [3.63, 3.8) is 0 Å². The number of carbonyl (C=O) groups is 1. The number of furan rings is 1. The molecule has 4 heteroatoms. The Bertz CT molecular complexity index is 833. The number of rotatable bonds is 3. The molecule has 1 aromatic heterocycles. The summed E-state index contributed by atoms with van der Waals surface area (Å²) in [5.74, 6) is -0.621. The van der Waals surface area contributed by atoms with Gasteiger partial charge in [-0.15, -0.1) is 0 Å². The summed E-state index contributed by atoms with van der Waals surface area (Å²) in [6.45, 7) is 1.96. The summed E-state index contributed by atoms with van der Waals surface area (Å²) in [4.78, 5) is 12.3. The third-order valence-electron chi connectivity index (χ3n) is 3.32. The van der Waals surface area contributed by atoms with E-state index in [1.807, 2.05) is 19.1 Å². The Morgan fingerprint density at radius 3 is 2.67 bits per heavy atom. The van der Waals surface area contributed by atoms with Crippen LogP contribution in [0.3, 0.4) is 0 Å². The van der Waals surface area contributed by atoms with E-state index in [0.29, 0.717) is 11.3 Å². The van der Waals surface area contributed by atoms with E-state index in [-0.39, 0.29) is 11.3 Å². The molecule has 0 N–H and O–H groups in total. The average Bonchev–Trinajstić information content (AvgIpc) is 2.89. The van der Waals surface area contributed by atoms with Crippen molar-refractivity contribution in [2.45, 2.75) is 6.92 Å². The molecule has 0 saturated heterocycles. The SMILES string of the molecule is COc1ccc(C(=O)c2cc3cc(C)ccc3o2)c(F)c1. The van der Waals surface area contributed by atoms with Gasteiger partial charge in [-0.3, -0.25) is 4.79 Å². The standard InChI is InChI=1S/C17H13FO3/c1-10-3-6-15-11(7-10)8-16(21-15)17(19)13-5-4-12(20-2)9-14(13)18/h3-9H,1-2H3. The van der Waals surface area contributed by atoms with Crippen molar-refractivity contribution in [2.24, 2.45) is 0 Å². The Balaban J connectivity index is 2.03. The molecule has 0 amide bonds. The summed E-state index contributed by atoms with van der Waals surface area (Å²) in [5.41, 5.74) is 1.64. The molecule has 0 bridgehead atoms. The van der Waals surface area contributed by atoms with Gasteiger partial charge in [0.05, 0.1) is 12.7 Å². The van der Waals surface area contributed by atoms with Crippen LogP contribution in [-0.4, -0.2) is 12.9 Å². The van der Waals surface area contributed by atoms with Gasteiger partial charge in [0.1, 0.15) is 17.1 Å². The topological polar surface area (TPSA) is 39.4 Å². The van der Waals surface area contributed by atoms with Crippen molar-refractivity contribution in [3.05, 3.63) is 65.2 Å². The summed E-state index contributed by atoms with van der Waals surface area (Å²) < 4.78 is 24.4. The smallest absolute Gasteiger partial charge is 0.231 e. The van der Waals surface area contributed by atoms with Crippen molar-refractivity contribution < 1.29 is 18.3 Å². The molecule has 0 aliphatic rings. The quantitative estimate of drug-likeness (QED) is 0.679. The number of carbonyl (C=O) groups excluding carboxylic acids is 1. The zero-order valence-electron chi connectivity index (χ0n) is 11.6. The number of benzene rings is 2. The van der Waals surface area contributed by atoms with Crippen LogP contribution in [0.25, 0.3) is 11.0 Å². The van der Waals surface area contributed by atoms with Crippen LogP contribution in [0, 0.1) is 12.7 Å². The Morgan fingerprint density at radius 2 is 1.95 bits per heavy atom. The van der Waals surface area contributed by atoms with Crippen LogP contribution in [0.1, 0.15) is 21.7 Å². The maximum absolute atomic E-state index is 14.0. The van der Waals surface area contributed by atoms with Gasteiger partial charge in [0.15, 0.2) is 5.76 Å². The maximum Gasteiger partial charge on any atom is 0.231 e. The van der Waals surface area contributed by atoms with Crippen LogP contribution < -0.4 is 4.74 Å². The highest BCUT2D eigenvalue weighted by atomic mass is 19.1. The second-order valence-electron chi connectivity index (χ2n) is 4.83. The number of ketones is 1. The van der Waals surface area contributed by atoms with Crippen LogP contribution in [0.2, 0.25) is 0 Å². The third kappa shape index (κ3) is 2.40. The number of ether oxygens (including phenoxy) is 1. The van der Waals surface area contributed by atoms with Crippen LogP contribution >= 0.6 is 0 Å². The predicted molar refractivity (Wildman–Crippen MR) is 77.3 cm³/mol. The summed E-state index contributed by atoms with van der Waals surface area (Å²) in [6.07, 6.45) is 0. The summed E-state index contributed by atoms with van der Waals surface area (Å²) in [5, 5.41) is 0.826. The second kappa shape index (κ2) is 5.05. The van der Waals surface area contributed by atoms with Gasteiger partial charge in [-0.1, -0.05) is 11.6 Å². The first-order valence-corrected chi connectivity index (χ1v) is 6.47. The predicted octanol–water partition coefficient (Wildman–Crippen LogP) is 4.12. The van der Waals surface area contributed by atoms with E-state index in [0.717, 1.165) is 10.9 Å². The highest BCUT2D eigenvalue weighted by Gasteiger charge is 2.18. The summed E-state index contributed by atoms with van der Waals surface area (Å²) in [7, 11) is 1.44. The molecule has 0 atom stereocenters. The van der Waals surface area contributed by atoms with E-state index < -0.39 is 11.6 Å². The highest BCUT2D eigenvalue weighted by Crippen LogP contribution is 2.24. The minimum Gasteiger partial charge on any atom is -0.497 e. The molecule has 0 aliphatic carbocycles. The number of hydrogen-bond acceptors (Lipinski definition) is 3. The lowest BCUT2D eigenvalue weighted by Gasteiger charge is -2.03. The van der Waals surface area contributed by atoms with E-state index >= 15 is 0 Å². The lowest BCUT2D eigenvalue weighted by molar-refractivity contribution is 0.101. The fourth-order valence-corrected chi connectivity index (χ4v) is 2.21. The molecule has 0 fully saturated rings. The minimum atomic E-state index is -0.629. The Morgan fingerprint density at radius 1 is 1.14 bits per heavy atom. The number of methoxy groups -OCH3 is 1. The number of fused-ring (bicyclic) bond motifs is 1. The number of hydrogen-bond donors (Lipinski definition) is 0. The van der Waals surface area contributed by atoms with Crippen molar-refractivity contribution in [2.75, 3.05) is 7.11 Å². The largest absolute Gasteiger partial charge is 0.497 e. The van der Waals surface area contributed by atoms with Gasteiger partial charge < -0.3 is 9.15 Å². The molecule has 0 spiro atoms. The molecule has 21 heavy (non-hydrogen) atoms. The molecular weight excluding hydrogens is 271 g/mol. The number of aryl methyl sites for hydroxylation is 1. The van der Waals surface area contributed by atoms with E-state index in [1.165, 1.54) is 19.2 Å². The molecule has 3 rings (SSSR count). The molecule has 3 aromatic rings. The normalized spacial score (nSPS) is 10.8. The van der Waals surface area contributed by atoms with Crippen molar-refractivity contribution in [1.29, 1.82) is 0 Å². The lowest BCUT2D eigenvalue weighted by Crippen LogP contribution is -2.03. The van der Waals surface area contributed by atoms with Gasteiger partial charge in [-0.25, -0.2) is 4.39 Å². The lowest BCUT2D eigenvalue weighted by atomic mass is 10.1. The molecule has 2 aromatic carbocycles. The number of halogens is 1. The molecular formula is C17H13FO3. The Labute approximate surface area is 120 Å². The van der Waals surface area contributed by atoms with Crippen molar-refractivity contribution in [1.82, 2.24) is 0 Å². The van der Waals surface area contributed by atoms with Crippen LogP contribution in [0.4, 0.5) is 4.39 Å². The van der Waals surface area contributed by atoms with E-state index in [4.69, 9.17) is 9.15 Å². The highest BCUT2D eigenvalue weighted by molar-refractivity contribution is 6.09. The van der Waals surface area contributed by atoms with Gasteiger partial charge in [0.2, 0.25) is 5.78 Å². The van der Waals surface area contributed by atoms with Gasteiger partial charge in [-0.2, -0.15) is 0 Å². The zero-order chi connectivity index (χ0) is 15.0. The Kier molecular flexibility index (Phi) is 3.22. The Hall–Kier alpha value is -2.62. The molecule has 3 nitrogen and oxygen atoms in total. The monoisotopic (exact) mass is 284 g/mol. The first-order chi connectivity index (χ1) is 10.1. The van der Waals surface area contributed by atoms with Crippen LogP contribution in [0.5, 0.6) is 5.75 Å². The first kappa shape index (κ1) is 13.4. The van der Waals surface area contributed by atoms with E-state index in [1.54, 1.807) is 18.2 Å². The fourth-order valence-electron chi connectivity index (χ4n) is 2.21. The fraction of sp³-hybridized carbons (Fsp3) is 0.118. The summed E-state index contributed by atoms with van der Waals surface area (Å²) >= 11 is 0. The maximum atomic E-state index is 14.0. The van der Waals surface area contributed by atoms with E-state index in [2.05, 4.69) is 0 Å². The second-order valence-corrected chi connectivity index (χ2v) is 4.83. The molecule has 106 valence electrons. The molecule has 0 saturated carbocycles. The van der Waals surface area contributed by atoms with Gasteiger partial charge in [0, 0.05) is 11.5 Å². The molecule has 1 heterocycles. The minimum absolute atomic E-state index is 0.0356. The first-order valence-electron chi connectivity index (χ1n) is 6.47. The van der Waals surface area contributed by atoms with Crippen LogP contribution in [-0.2, 0) is 0 Å². The molecule has 0 unspecified atom stereocenters. The summed E-state index contributed by atoms with van der Waals surface area (Å²) in [6, 6.07) is 11.4.